The van der Waals surface area contributed by atoms with E-state index in [0.717, 1.165) is 29.7 Å². The molecule has 2 aromatic carbocycles. The average Bonchev–Trinajstić information content (AvgIpc) is 2.44. The number of hydrogen-bond acceptors (Lipinski definition) is 2. The molecule has 0 unspecified atom stereocenters. The number of rotatable bonds is 2. The second-order valence-corrected chi connectivity index (χ2v) is 6.12. The topological polar surface area (TPSA) is 29.5 Å². The van der Waals surface area contributed by atoms with Crippen LogP contribution in [0, 0.1) is 0 Å². The summed E-state index contributed by atoms with van der Waals surface area (Å²) >= 11 is 0. The summed E-state index contributed by atoms with van der Waals surface area (Å²) in [5, 5.41) is 9.92. The average molecular weight is 280 g/mol. The van der Waals surface area contributed by atoms with E-state index in [2.05, 4.69) is 38.1 Å². The maximum absolute atomic E-state index is 9.92. The number of aromatic hydroxyl groups is 1. The van der Waals surface area contributed by atoms with Crippen LogP contribution in [-0.2, 0) is 6.42 Å². The van der Waals surface area contributed by atoms with Crippen LogP contribution in [0.2, 0.25) is 0 Å². The van der Waals surface area contributed by atoms with Gasteiger partial charge in [-0.05, 0) is 43.9 Å². The first kappa shape index (κ1) is 13.7. The van der Waals surface area contributed by atoms with Gasteiger partial charge in [-0.1, -0.05) is 42.5 Å². The molecular formula is C19H20O2. The lowest BCUT2D eigenvalue weighted by atomic mass is 9.91. The van der Waals surface area contributed by atoms with Crippen LogP contribution < -0.4 is 4.74 Å². The molecule has 1 heterocycles. The van der Waals surface area contributed by atoms with Crippen LogP contribution in [0.1, 0.15) is 37.0 Å². The van der Waals surface area contributed by atoms with Gasteiger partial charge < -0.3 is 9.84 Å². The number of phenolic OH excluding ortho intramolecular Hbond substituents is 1. The molecule has 0 radical (unpaired) electrons. The van der Waals surface area contributed by atoms with Gasteiger partial charge in [0.25, 0.3) is 0 Å². The highest BCUT2D eigenvalue weighted by molar-refractivity contribution is 5.73. The minimum atomic E-state index is -0.165. The third-order valence-corrected chi connectivity index (χ3v) is 3.85. The molecule has 108 valence electrons. The first-order chi connectivity index (χ1) is 10.0. The van der Waals surface area contributed by atoms with Crippen LogP contribution in [0.25, 0.3) is 12.2 Å². The van der Waals surface area contributed by atoms with E-state index >= 15 is 0 Å². The summed E-state index contributed by atoms with van der Waals surface area (Å²) < 4.78 is 6.00. The summed E-state index contributed by atoms with van der Waals surface area (Å²) in [5.74, 6) is 1.05. The first-order valence-electron chi connectivity index (χ1n) is 7.32. The monoisotopic (exact) mass is 280 g/mol. The Hall–Kier alpha value is -2.22. The molecule has 0 bridgehead atoms. The van der Waals surface area contributed by atoms with Crippen molar-refractivity contribution in [3.05, 3.63) is 59.2 Å². The molecule has 21 heavy (non-hydrogen) atoms. The molecule has 0 saturated heterocycles. The number of benzene rings is 2. The molecule has 0 aromatic heterocycles. The lowest BCUT2D eigenvalue weighted by Crippen LogP contribution is -2.32. The highest BCUT2D eigenvalue weighted by Gasteiger charge is 2.28. The van der Waals surface area contributed by atoms with Crippen LogP contribution in [-0.4, -0.2) is 10.7 Å². The van der Waals surface area contributed by atoms with Crippen molar-refractivity contribution < 1.29 is 9.84 Å². The van der Waals surface area contributed by atoms with E-state index in [0.29, 0.717) is 0 Å². The lowest BCUT2D eigenvalue weighted by molar-refractivity contribution is 0.0843. The Bertz CT molecular complexity index is 669. The zero-order valence-electron chi connectivity index (χ0n) is 12.5. The first-order valence-corrected chi connectivity index (χ1v) is 7.32. The molecular weight excluding hydrogens is 260 g/mol. The normalized spacial score (nSPS) is 16.5. The minimum Gasteiger partial charge on any atom is -0.508 e. The van der Waals surface area contributed by atoms with Gasteiger partial charge in [0, 0.05) is 11.6 Å². The molecule has 0 spiro atoms. The highest BCUT2D eigenvalue weighted by Crippen LogP contribution is 2.38. The number of ether oxygens (including phenoxy) is 1. The molecule has 2 nitrogen and oxygen atoms in total. The second kappa shape index (κ2) is 5.28. The van der Waals surface area contributed by atoms with Crippen molar-refractivity contribution in [1.29, 1.82) is 0 Å². The van der Waals surface area contributed by atoms with Gasteiger partial charge in [-0.3, -0.25) is 0 Å². The molecule has 0 amide bonds. The van der Waals surface area contributed by atoms with Crippen molar-refractivity contribution in [3.63, 3.8) is 0 Å². The van der Waals surface area contributed by atoms with Crippen LogP contribution in [0.3, 0.4) is 0 Å². The number of hydrogen-bond donors (Lipinski definition) is 1. The lowest BCUT2D eigenvalue weighted by Gasteiger charge is -2.33. The third-order valence-electron chi connectivity index (χ3n) is 3.85. The Labute approximate surface area is 125 Å². The predicted molar refractivity (Wildman–Crippen MR) is 86.5 cm³/mol. The van der Waals surface area contributed by atoms with Gasteiger partial charge in [-0.25, -0.2) is 0 Å². The summed E-state index contributed by atoms with van der Waals surface area (Å²) in [6, 6.07) is 13.7. The van der Waals surface area contributed by atoms with E-state index in [1.807, 2.05) is 18.2 Å². The summed E-state index contributed by atoms with van der Waals surface area (Å²) in [6.45, 7) is 4.17. The van der Waals surface area contributed by atoms with Crippen LogP contribution in [0.4, 0.5) is 0 Å². The van der Waals surface area contributed by atoms with Crippen molar-refractivity contribution in [3.8, 4) is 11.5 Å². The minimum absolute atomic E-state index is 0.165. The largest absolute Gasteiger partial charge is 0.508 e. The van der Waals surface area contributed by atoms with Crippen molar-refractivity contribution in [1.82, 2.24) is 0 Å². The summed E-state index contributed by atoms with van der Waals surface area (Å²) in [6.07, 6.45) is 6.07. The predicted octanol–water partition coefficient (Wildman–Crippen LogP) is 4.67. The van der Waals surface area contributed by atoms with Gasteiger partial charge in [-0.2, -0.15) is 0 Å². The van der Waals surface area contributed by atoms with Gasteiger partial charge in [0.05, 0.1) is 0 Å². The zero-order chi connectivity index (χ0) is 14.9. The maximum Gasteiger partial charge on any atom is 0.127 e. The van der Waals surface area contributed by atoms with Gasteiger partial charge >= 0.3 is 0 Å². The maximum atomic E-state index is 9.92. The van der Waals surface area contributed by atoms with E-state index in [1.54, 1.807) is 12.1 Å². The summed E-state index contributed by atoms with van der Waals surface area (Å²) in [5.41, 5.74) is 3.19. The Kier molecular flexibility index (Phi) is 3.46. The van der Waals surface area contributed by atoms with Gasteiger partial charge in [-0.15, -0.1) is 0 Å². The molecule has 2 heteroatoms. The van der Waals surface area contributed by atoms with Crippen molar-refractivity contribution in [2.24, 2.45) is 0 Å². The van der Waals surface area contributed by atoms with E-state index in [-0.39, 0.29) is 11.4 Å². The van der Waals surface area contributed by atoms with Gasteiger partial charge in [0.15, 0.2) is 0 Å². The van der Waals surface area contributed by atoms with E-state index in [1.165, 1.54) is 5.56 Å². The Morgan fingerprint density at radius 2 is 1.86 bits per heavy atom. The highest BCUT2D eigenvalue weighted by atomic mass is 16.5. The molecule has 0 fully saturated rings. The summed E-state index contributed by atoms with van der Waals surface area (Å²) in [4.78, 5) is 0. The fraction of sp³-hybridized carbons (Fsp3) is 0.263. The SMILES string of the molecule is CC1(C)CCc2c(/C=C/c3ccccc3)cc(O)cc2O1. The van der Waals surface area contributed by atoms with Crippen molar-refractivity contribution in [2.75, 3.05) is 0 Å². The van der Waals surface area contributed by atoms with Gasteiger partial charge in [0.1, 0.15) is 17.1 Å². The molecule has 2 aromatic rings. The number of phenols is 1. The van der Waals surface area contributed by atoms with E-state index in [9.17, 15) is 5.11 Å². The van der Waals surface area contributed by atoms with Crippen LogP contribution in [0.5, 0.6) is 11.5 Å². The molecule has 1 aliphatic heterocycles. The molecule has 1 aliphatic rings. The molecule has 3 rings (SSSR count). The zero-order valence-corrected chi connectivity index (χ0v) is 12.5. The van der Waals surface area contributed by atoms with E-state index in [4.69, 9.17) is 4.74 Å². The van der Waals surface area contributed by atoms with Crippen LogP contribution in [0.15, 0.2) is 42.5 Å². The van der Waals surface area contributed by atoms with Crippen molar-refractivity contribution in [2.45, 2.75) is 32.3 Å². The van der Waals surface area contributed by atoms with Crippen molar-refractivity contribution >= 4 is 12.2 Å². The smallest absolute Gasteiger partial charge is 0.127 e. The van der Waals surface area contributed by atoms with E-state index < -0.39 is 0 Å². The number of fused-ring (bicyclic) bond motifs is 1. The Morgan fingerprint density at radius 3 is 2.62 bits per heavy atom. The molecule has 0 saturated carbocycles. The summed E-state index contributed by atoms with van der Waals surface area (Å²) in [7, 11) is 0. The third kappa shape index (κ3) is 3.10. The van der Waals surface area contributed by atoms with Crippen LogP contribution >= 0.6 is 0 Å². The molecule has 1 N–H and O–H groups in total. The fourth-order valence-corrected chi connectivity index (χ4v) is 2.68. The quantitative estimate of drug-likeness (QED) is 0.810. The standard InChI is InChI=1S/C19H20O2/c1-19(2)11-10-17-15(12-16(20)13-18(17)21-19)9-8-14-6-4-3-5-7-14/h3-9,12-13,20H,10-11H2,1-2H3/b9-8+. The van der Waals surface area contributed by atoms with Gasteiger partial charge in [0.2, 0.25) is 0 Å². The molecule has 0 atom stereocenters. The Balaban J connectivity index is 1.97. The fourth-order valence-electron chi connectivity index (χ4n) is 2.68. The molecule has 0 aliphatic carbocycles. The Morgan fingerprint density at radius 1 is 1.10 bits per heavy atom. The second-order valence-electron chi connectivity index (χ2n) is 6.12.